The van der Waals surface area contributed by atoms with Crippen molar-refractivity contribution in [3.63, 3.8) is 0 Å². The second kappa shape index (κ2) is 8.60. The first-order valence-electron chi connectivity index (χ1n) is 6.43. The quantitative estimate of drug-likeness (QED) is 0.191. The number of rotatable bonds is 7. The normalized spacial score (nSPS) is 11.5. The molecule has 1 aromatic heterocycles. The Hall–Kier alpha value is -1.80. The van der Waals surface area contributed by atoms with Crippen LogP contribution in [0.4, 0.5) is 8.78 Å². The molecular formula is C14H13F2N3OS2. The Morgan fingerprint density at radius 2 is 2.05 bits per heavy atom. The fourth-order valence-corrected chi connectivity index (χ4v) is 3.34. The topological polar surface area (TPSA) is 51.9 Å². The third kappa shape index (κ3) is 5.90. The van der Waals surface area contributed by atoms with Gasteiger partial charge >= 0.3 is 0 Å². The molecule has 0 aliphatic rings. The zero-order valence-corrected chi connectivity index (χ0v) is 13.1. The second-order valence-corrected chi connectivity index (χ2v) is 6.58. The van der Waals surface area contributed by atoms with Gasteiger partial charge in [0.2, 0.25) is 11.2 Å². The number of benzene rings is 1. The molecule has 8 heteroatoms. The fourth-order valence-electron chi connectivity index (χ4n) is 1.58. The number of halogens is 2. The third-order valence-electron chi connectivity index (χ3n) is 2.50. The van der Waals surface area contributed by atoms with Crippen molar-refractivity contribution in [2.45, 2.75) is 17.3 Å². The Balaban J connectivity index is 1.88. The van der Waals surface area contributed by atoms with Gasteiger partial charge in [-0.15, -0.1) is 10.2 Å². The van der Waals surface area contributed by atoms with Gasteiger partial charge in [-0.2, -0.15) is 8.78 Å². The molecule has 1 aromatic carbocycles. The molecule has 0 spiro atoms. The lowest BCUT2D eigenvalue weighted by atomic mass is 10.2. The Bertz CT molecular complexity index is 655. The summed E-state index contributed by atoms with van der Waals surface area (Å²) < 4.78 is 25.2. The molecular weight excluding hydrogens is 328 g/mol. The van der Waals surface area contributed by atoms with E-state index in [1.54, 1.807) is 0 Å². The van der Waals surface area contributed by atoms with Crippen LogP contribution >= 0.6 is 23.1 Å². The van der Waals surface area contributed by atoms with Crippen LogP contribution in [0.25, 0.3) is 0 Å². The molecule has 0 atom stereocenters. The van der Waals surface area contributed by atoms with Gasteiger partial charge in [-0.3, -0.25) is 0 Å². The van der Waals surface area contributed by atoms with E-state index in [2.05, 4.69) is 10.2 Å². The summed E-state index contributed by atoms with van der Waals surface area (Å²) in [6, 6.07) is 9.38. The van der Waals surface area contributed by atoms with Crippen LogP contribution in [0, 0.1) is 5.21 Å². The molecule has 0 saturated carbocycles. The van der Waals surface area contributed by atoms with Gasteiger partial charge in [0.1, 0.15) is 0 Å². The molecule has 116 valence electrons. The molecule has 22 heavy (non-hydrogen) atoms. The molecule has 2 aromatic rings. The van der Waals surface area contributed by atoms with Crippen LogP contribution in [0.2, 0.25) is 0 Å². The lowest BCUT2D eigenvalue weighted by molar-refractivity contribution is -0.469. The van der Waals surface area contributed by atoms with E-state index < -0.39 is 6.08 Å². The second-order valence-electron chi connectivity index (χ2n) is 4.23. The van der Waals surface area contributed by atoms with Gasteiger partial charge in [0, 0.05) is 11.3 Å². The van der Waals surface area contributed by atoms with Crippen LogP contribution in [0.15, 0.2) is 46.8 Å². The van der Waals surface area contributed by atoms with E-state index in [1.165, 1.54) is 29.3 Å². The average Bonchev–Trinajstić information content (AvgIpc) is 2.92. The number of thioether (sulfide) groups is 1. The van der Waals surface area contributed by atoms with Crippen molar-refractivity contribution in [1.29, 1.82) is 0 Å². The molecule has 0 radical (unpaired) electrons. The Kier molecular flexibility index (Phi) is 6.47. The predicted octanol–water partition coefficient (Wildman–Crippen LogP) is 3.93. The molecule has 0 unspecified atom stereocenters. The Morgan fingerprint density at radius 3 is 2.77 bits per heavy atom. The summed E-state index contributed by atoms with van der Waals surface area (Å²) in [5.74, 6) is 0.497. The monoisotopic (exact) mass is 341 g/mol. The van der Waals surface area contributed by atoms with Crippen molar-refractivity contribution >= 4 is 29.3 Å². The predicted molar refractivity (Wildman–Crippen MR) is 84.5 cm³/mol. The van der Waals surface area contributed by atoms with Crippen molar-refractivity contribution in [3.8, 4) is 0 Å². The highest BCUT2D eigenvalue weighted by Crippen LogP contribution is 2.22. The van der Waals surface area contributed by atoms with E-state index in [-0.39, 0.29) is 13.0 Å². The highest BCUT2D eigenvalue weighted by Gasteiger charge is 2.06. The molecule has 0 fully saturated rings. The number of hydrogen-bond donors (Lipinski definition) is 0. The lowest BCUT2D eigenvalue weighted by Crippen LogP contribution is -2.05. The average molecular weight is 341 g/mol. The summed E-state index contributed by atoms with van der Waals surface area (Å²) in [5, 5.41) is 20.1. The van der Waals surface area contributed by atoms with Crippen LogP contribution in [-0.4, -0.2) is 26.9 Å². The van der Waals surface area contributed by atoms with E-state index in [0.29, 0.717) is 15.1 Å². The SMILES string of the molecule is [O-]/[N+](=C\c1nnc(SCCC=C(F)F)s1)Cc1ccccc1. The number of allylic oxidation sites excluding steroid dienone is 1. The number of aromatic nitrogens is 2. The largest absolute Gasteiger partial charge is 0.623 e. The Morgan fingerprint density at radius 1 is 1.27 bits per heavy atom. The minimum Gasteiger partial charge on any atom is -0.623 e. The number of nitrogens with zero attached hydrogens (tertiary/aromatic N) is 3. The maximum absolute atomic E-state index is 11.9. The van der Waals surface area contributed by atoms with Gasteiger partial charge < -0.3 is 5.21 Å². The highest BCUT2D eigenvalue weighted by molar-refractivity contribution is 8.01. The van der Waals surface area contributed by atoms with E-state index >= 15 is 0 Å². The van der Waals surface area contributed by atoms with Crippen LogP contribution in [-0.2, 0) is 6.54 Å². The van der Waals surface area contributed by atoms with E-state index in [9.17, 15) is 14.0 Å². The maximum Gasteiger partial charge on any atom is 0.266 e. The fraction of sp³-hybridized carbons (Fsp3) is 0.214. The standard InChI is InChI=1S/C14H13F2N3OS2/c15-12(16)7-4-8-21-14-18-17-13(22-14)10-19(20)9-11-5-2-1-3-6-11/h1-3,5-7,10H,4,8-9H2/b19-10-. The van der Waals surface area contributed by atoms with Crippen LogP contribution in [0.5, 0.6) is 0 Å². The van der Waals surface area contributed by atoms with Crippen molar-refractivity contribution in [1.82, 2.24) is 10.2 Å². The molecule has 0 aliphatic carbocycles. The number of hydrogen-bond acceptors (Lipinski definition) is 5. The van der Waals surface area contributed by atoms with Crippen molar-refractivity contribution in [2.75, 3.05) is 5.75 Å². The van der Waals surface area contributed by atoms with Crippen LogP contribution in [0.3, 0.4) is 0 Å². The van der Waals surface area contributed by atoms with E-state index in [4.69, 9.17) is 0 Å². The van der Waals surface area contributed by atoms with Gasteiger partial charge in [-0.25, -0.2) is 4.74 Å². The van der Waals surface area contributed by atoms with Crippen molar-refractivity contribution < 1.29 is 13.5 Å². The minimum absolute atomic E-state index is 0.240. The summed E-state index contributed by atoms with van der Waals surface area (Å²) >= 11 is 2.61. The zero-order chi connectivity index (χ0) is 15.8. The van der Waals surface area contributed by atoms with Crippen LogP contribution in [0.1, 0.15) is 17.0 Å². The summed E-state index contributed by atoms with van der Waals surface area (Å²) in [7, 11) is 0. The van der Waals surface area contributed by atoms with Gasteiger partial charge in [-0.05, 0) is 12.5 Å². The first-order valence-corrected chi connectivity index (χ1v) is 8.24. The van der Waals surface area contributed by atoms with Crippen molar-refractivity contribution in [2.24, 2.45) is 0 Å². The first-order chi connectivity index (χ1) is 10.6. The molecule has 2 rings (SSSR count). The first kappa shape index (κ1) is 16.6. The molecule has 0 amide bonds. The molecule has 0 bridgehead atoms. The smallest absolute Gasteiger partial charge is 0.266 e. The summed E-state index contributed by atoms with van der Waals surface area (Å²) in [6.45, 7) is 0.240. The zero-order valence-electron chi connectivity index (χ0n) is 11.5. The van der Waals surface area contributed by atoms with E-state index in [1.807, 2.05) is 30.3 Å². The lowest BCUT2D eigenvalue weighted by Gasteiger charge is -2.02. The minimum atomic E-state index is -1.67. The molecule has 0 saturated heterocycles. The maximum atomic E-state index is 11.9. The summed E-state index contributed by atoms with van der Waals surface area (Å²) in [6.07, 6.45) is 0.860. The highest BCUT2D eigenvalue weighted by atomic mass is 32.2. The molecule has 1 heterocycles. The van der Waals surface area contributed by atoms with Gasteiger partial charge in [0.05, 0.1) is 0 Å². The molecule has 0 N–H and O–H groups in total. The van der Waals surface area contributed by atoms with Crippen LogP contribution < -0.4 is 0 Å². The number of hydroxylamine groups is 1. The summed E-state index contributed by atoms with van der Waals surface area (Å²) in [4.78, 5) is 0. The van der Waals surface area contributed by atoms with Gasteiger partial charge in [-0.1, -0.05) is 53.4 Å². The summed E-state index contributed by atoms with van der Waals surface area (Å²) in [5.41, 5.74) is 0.910. The van der Waals surface area contributed by atoms with Gasteiger partial charge in [0.25, 0.3) is 6.08 Å². The van der Waals surface area contributed by atoms with Gasteiger partial charge in [0.15, 0.2) is 10.9 Å². The molecule has 0 aliphatic heterocycles. The molecule has 4 nitrogen and oxygen atoms in total. The van der Waals surface area contributed by atoms with E-state index in [0.717, 1.165) is 16.4 Å². The Labute approximate surface area is 134 Å². The van der Waals surface area contributed by atoms with Crippen molar-refractivity contribution in [3.05, 3.63) is 58.3 Å². The third-order valence-corrected chi connectivity index (χ3v) is 4.52.